The number of carbonyl (C=O) groups excluding carboxylic acids is 1. The maximum atomic E-state index is 13.2. The van der Waals surface area contributed by atoms with Gasteiger partial charge in [0.25, 0.3) is 11.5 Å². The van der Waals surface area contributed by atoms with Crippen molar-refractivity contribution >= 4 is 22.6 Å². The number of rotatable bonds is 9. The number of hydrogen-bond donors (Lipinski definition) is 2. The van der Waals surface area contributed by atoms with Crippen molar-refractivity contribution in [3.05, 3.63) is 51.4 Å². The average Bonchev–Trinajstić information content (AvgIpc) is 2.73. The van der Waals surface area contributed by atoms with Crippen LogP contribution in [0.15, 0.2) is 29.2 Å². The number of nitrogens with zero attached hydrogens (tertiary/aromatic N) is 3. The number of hydrogen-bond acceptors (Lipinski definition) is 4. The first kappa shape index (κ1) is 21.7. The monoisotopic (exact) mass is 409 g/mol. The van der Waals surface area contributed by atoms with Gasteiger partial charge in [0.15, 0.2) is 0 Å². The highest BCUT2D eigenvalue weighted by atomic mass is 16.1. The van der Waals surface area contributed by atoms with Gasteiger partial charge in [-0.2, -0.15) is 0 Å². The predicted octanol–water partition coefficient (Wildman–Crippen LogP) is 3.55. The van der Waals surface area contributed by atoms with Crippen LogP contribution in [0.1, 0.15) is 68.3 Å². The van der Waals surface area contributed by atoms with Crippen LogP contribution in [0.5, 0.6) is 0 Å². The lowest BCUT2D eigenvalue weighted by Gasteiger charge is -2.15. The van der Waals surface area contributed by atoms with Crippen molar-refractivity contribution in [1.82, 2.24) is 19.3 Å². The molecule has 3 aromatic heterocycles. The highest BCUT2D eigenvalue weighted by Gasteiger charge is 2.17. The number of aromatic nitrogens is 3. The smallest absolute Gasteiger partial charge is 0.267 e. The van der Waals surface area contributed by atoms with E-state index < -0.39 is 0 Å². The summed E-state index contributed by atoms with van der Waals surface area (Å²) < 4.78 is 3.24. The minimum Gasteiger partial charge on any atom is -0.352 e. The molecule has 160 valence electrons. The van der Waals surface area contributed by atoms with Gasteiger partial charge in [0.1, 0.15) is 16.8 Å². The average molecular weight is 410 g/mol. The summed E-state index contributed by atoms with van der Waals surface area (Å²) in [6.45, 7) is 7.25. The van der Waals surface area contributed by atoms with E-state index in [-0.39, 0.29) is 22.5 Å². The molecule has 3 aromatic rings. The van der Waals surface area contributed by atoms with Crippen LogP contribution < -0.4 is 16.4 Å². The number of nitrogens with one attached hydrogen (secondary N) is 2. The van der Waals surface area contributed by atoms with Gasteiger partial charge in [0, 0.05) is 19.3 Å². The molecule has 0 spiro atoms. The molecule has 3 rings (SSSR count). The minimum atomic E-state index is -0.309. The lowest BCUT2D eigenvalue weighted by atomic mass is 10.1. The first-order valence-corrected chi connectivity index (χ1v) is 10.9. The van der Waals surface area contributed by atoms with E-state index in [2.05, 4.69) is 19.2 Å². The molecule has 0 aliphatic carbocycles. The second-order valence-electron chi connectivity index (χ2n) is 7.77. The van der Waals surface area contributed by atoms with Crippen molar-refractivity contribution in [2.75, 3.05) is 6.54 Å². The van der Waals surface area contributed by atoms with Crippen LogP contribution in [0.4, 0.5) is 0 Å². The van der Waals surface area contributed by atoms with Gasteiger partial charge >= 0.3 is 0 Å². The number of aryl methyl sites for hydroxylation is 2. The topological polar surface area (TPSA) is 92.2 Å². The fourth-order valence-electron chi connectivity index (χ4n) is 3.68. The SMILES string of the molecule is CCCCCNC(=O)c1cc2c(=O)n3cccc(C)c3nc2n(CCCCC)c1=N. The van der Waals surface area contributed by atoms with E-state index >= 15 is 0 Å². The van der Waals surface area contributed by atoms with Gasteiger partial charge in [-0.1, -0.05) is 45.6 Å². The Bertz CT molecular complexity index is 1180. The van der Waals surface area contributed by atoms with Crippen molar-refractivity contribution in [1.29, 1.82) is 5.41 Å². The molecule has 0 atom stereocenters. The van der Waals surface area contributed by atoms with Crippen LogP contribution in [0.2, 0.25) is 0 Å². The van der Waals surface area contributed by atoms with Crippen molar-refractivity contribution in [2.24, 2.45) is 0 Å². The first-order chi connectivity index (χ1) is 14.5. The summed E-state index contributed by atoms with van der Waals surface area (Å²) in [5.41, 5.74) is 2.05. The second kappa shape index (κ2) is 9.69. The minimum absolute atomic E-state index is 0.108. The van der Waals surface area contributed by atoms with Crippen LogP contribution in [0.3, 0.4) is 0 Å². The molecule has 0 bridgehead atoms. The molecule has 0 aliphatic heterocycles. The van der Waals surface area contributed by atoms with Crippen molar-refractivity contribution in [3.8, 4) is 0 Å². The van der Waals surface area contributed by atoms with Crippen LogP contribution in [0.25, 0.3) is 16.7 Å². The van der Waals surface area contributed by atoms with Crippen molar-refractivity contribution in [2.45, 2.75) is 65.8 Å². The molecule has 3 heterocycles. The van der Waals surface area contributed by atoms with E-state index in [9.17, 15) is 9.59 Å². The van der Waals surface area contributed by atoms with Gasteiger partial charge in [-0.15, -0.1) is 0 Å². The molecule has 30 heavy (non-hydrogen) atoms. The van der Waals surface area contributed by atoms with E-state index in [1.165, 1.54) is 10.5 Å². The molecule has 7 heteroatoms. The lowest BCUT2D eigenvalue weighted by molar-refractivity contribution is 0.0950. The Morgan fingerprint density at radius 1 is 1.13 bits per heavy atom. The lowest BCUT2D eigenvalue weighted by Crippen LogP contribution is -2.35. The molecular formula is C23H31N5O2. The molecule has 0 aromatic carbocycles. The summed E-state index contributed by atoms with van der Waals surface area (Å²) in [7, 11) is 0. The summed E-state index contributed by atoms with van der Waals surface area (Å²) in [6.07, 6.45) is 7.61. The molecule has 1 amide bonds. The van der Waals surface area contributed by atoms with E-state index in [4.69, 9.17) is 10.4 Å². The number of fused-ring (bicyclic) bond motifs is 2. The van der Waals surface area contributed by atoms with Gasteiger partial charge in [-0.3, -0.25) is 19.4 Å². The van der Waals surface area contributed by atoms with E-state index in [1.54, 1.807) is 10.8 Å². The predicted molar refractivity (Wildman–Crippen MR) is 119 cm³/mol. The molecule has 0 saturated carbocycles. The third-order valence-electron chi connectivity index (χ3n) is 5.43. The van der Waals surface area contributed by atoms with E-state index in [1.807, 2.05) is 19.1 Å². The number of unbranched alkanes of at least 4 members (excludes halogenated alkanes) is 4. The van der Waals surface area contributed by atoms with Gasteiger partial charge in [-0.25, -0.2) is 4.98 Å². The van der Waals surface area contributed by atoms with Crippen LogP contribution in [-0.4, -0.2) is 26.4 Å². The highest BCUT2D eigenvalue weighted by Crippen LogP contribution is 2.13. The van der Waals surface area contributed by atoms with Gasteiger partial charge in [0.2, 0.25) is 0 Å². The second-order valence-corrected chi connectivity index (χ2v) is 7.77. The van der Waals surface area contributed by atoms with Gasteiger partial charge < -0.3 is 9.88 Å². The van der Waals surface area contributed by atoms with Crippen LogP contribution in [-0.2, 0) is 6.54 Å². The zero-order valence-electron chi connectivity index (χ0n) is 18.1. The van der Waals surface area contributed by atoms with Crippen molar-refractivity contribution < 1.29 is 4.79 Å². The molecule has 0 saturated heterocycles. The Morgan fingerprint density at radius 2 is 1.87 bits per heavy atom. The molecule has 0 radical (unpaired) electrons. The summed E-state index contributed by atoms with van der Waals surface area (Å²) in [6, 6.07) is 5.26. The van der Waals surface area contributed by atoms with E-state index in [0.29, 0.717) is 29.8 Å². The molecule has 2 N–H and O–H groups in total. The maximum Gasteiger partial charge on any atom is 0.267 e. The largest absolute Gasteiger partial charge is 0.352 e. The molecule has 0 unspecified atom stereocenters. The highest BCUT2D eigenvalue weighted by molar-refractivity contribution is 5.96. The number of carbonyl (C=O) groups is 1. The molecule has 0 fully saturated rings. The number of amides is 1. The number of pyridine rings is 2. The zero-order chi connectivity index (χ0) is 21.7. The fraction of sp³-hybridized carbons (Fsp3) is 0.478. The Morgan fingerprint density at radius 3 is 2.60 bits per heavy atom. The Kier molecular flexibility index (Phi) is 7.03. The van der Waals surface area contributed by atoms with Gasteiger partial charge in [-0.05, 0) is 37.5 Å². The first-order valence-electron chi connectivity index (χ1n) is 10.9. The zero-order valence-corrected chi connectivity index (χ0v) is 18.1. The summed E-state index contributed by atoms with van der Waals surface area (Å²) >= 11 is 0. The van der Waals surface area contributed by atoms with Crippen LogP contribution in [0, 0.1) is 12.3 Å². The van der Waals surface area contributed by atoms with Gasteiger partial charge in [0.05, 0.1) is 10.9 Å². The summed E-state index contributed by atoms with van der Waals surface area (Å²) in [5, 5.41) is 12.0. The van der Waals surface area contributed by atoms with Crippen molar-refractivity contribution in [3.63, 3.8) is 0 Å². The Hall–Kier alpha value is -2.96. The Labute approximate surface area is 176 Å². The van der Waals surface area contributed by atoms with Crippen LogP contribution >= 0.6 is 0 Å². The molecular weight excluding hydrogens is 378 g/mol. The third kappa shape index (κ3) is 4.30. The quantitative estimate of drug-likeness (QED) is 0.418. The van der Waals surface area contributed by atoms with E-state index in [0.717, 1.165) is 44.1 Å². The summed E-state index contributed by atoms with van der Waals surface area (Å²) in [4.78, 5) is 30.8. The third-order valence-corrected chi connectivity index (χ3v) is 5.43. The normalized spacial score (nSPS) is 11.3. The summed E-state index contributed by atoms with van der Waals surface area (Å²) in [5.74, 6) is -0.309. The maximum absolute atomic E-state index is 13.2. The molecule has 0 aliphatic rings. The fourth-order valence-corrected chi connectivity index (χ4v) is 3.68. The standard InChI is InChI=1S/C23H31N5O2/c1-4-6-8-12-25-22(29)17-15-18-21(27(19(17)24)13-9-7-5-2)26-20-16(3)11-10-14-28(20)23(18)30/h10-11,14-15,24H,4-9,12-13H2,1-3H3,(H,25,29). The Balaban J connectivity index is 2.18. The molecule has 7 nitrogen and oxygen atoms in total.